The van der Waals surface area contributed by atoms with Crippen LogP contribution in [0.3, 0.4) is 0 Å². The van der Waals surface area contributed by atoms with Gasteiger partial charge < -0.3 is 10.1 Å². The van der Waals surface area contributed by atoms with E-state index in [9.17, 15) is 4.79 Å². The van der Waals surface area contributed by atoms with Gasteiger partial charge in [-0.3, -0.25) is 10.1 Å². The first-order valence-corrected chi connectivity index (χ1v) is 4.78. The van der Waals surface area contributed by atoms with Crippen LogP contribution in [0.5, 0.6) is 5.06 Å². The number of carbonyl (C=O) groups is 1. The minimum Gasteiger partial charge on any atom is -0.487 e. The Morgan fingerprint density at radius 2 is 2.46 bits per heavy atom. The SMILES string of the molecule is COc1ccc(C2NCC(=O)N2)s1. The lowest BCUT2D eigenvalue weighted by atomic mass is 10.4. The van der Waals surface area contributed by atoms with Gasteiger partial charge in [-0.25, -0.2) is 0 Å². The smallest absolute Gasteiger partial charge is 0.235 e. The lowest BCUT2D eigenvalue weighted by Gasteiger charge is -2.06. The highest BCUT2D eigenvalue weighted by Crippen LogP contribution is 2.28. The highest BCUT2D eigenvalue weighted by molar-refractivity contribution is 7.13. The molecule has 0 bridgehead atoms. The van der Waals surface area contributed by atoms with E-state index in [4.69, 9.17) is 4.74 Å². The molecule has 0 aromatic carbocycles. The van der Waals surface area contributed by atoms with Crippen molar-refractivity contribution < 1.29 is 9.53 Å². The van der Waals surface area contributed by atoms with Gasteiger partial charge in [-0.1, -0.05) is 0 Å². The Morgan fingerprint density at radius 3 is 3.00 bits per heavy atom. The Labute approximate surface area is 79.9 Å². The molecular formula is C8H10N2O2S. The monoisotopic (exact) mass is 198 g/mol. The lowest BCUT2D eigenvalue weighted by Crippen LogP contribution is -2.21. The van der Waals surface area contributed by atoms with Gasteiger partial charge in [-0.15, -0.1) is 11.3 Å². The number of amides is 1. The molecule has 0 saturated carbocycles. The fraction of sp³-hybridized carbons (Fsp3) is 0.375. The van der Waals surface area contributed by atoms with Crippen LogP contribution in [0.1, 0.15) is 11.0 Å². The van der Waals surface area contributed by atoms with Crippen LogP contribution in [0.2, 0.25) is 0 Å². The van der Waals surface area contributed by atoms with E-state index < -0.39 is 0 Å². The van der Waals surface area contributed by atoms with Crippen molar-refractivity contribution in [2.45, 2.75) is 6.17 Å². The number of thiophene rings is 1. The largest absolute Gasteiger partial charge is 0.487 e. The summed E-state index contributed by atoms with van der Waals surface area (Å²) in [6.07, 6.45) is -0.0404. The fourth-order valence-corrected chi connectivity index (χ4v) is 2.08. The summed E-state index contributed by atoms with van der Waals surface area (Å²) < 4.78 is 5.06. The molecule has 1 aromatic heterocycles. The van der Waals surface area contributed by atoms with Crippen molar-refractivity contribution in [2.24, 2.45) is 0 Å². The number of hydrogen-bond acceptors (Lipinski definition) is 4. The molecule has 4 nitrogen and oxygen atoms in total. The summed E-state index contributed by atoms with van der Waals surface area (Å²) in [6.45, 7) is 0.394. The molecule has 13 heavy (non-hydrogen) atoms. The van der Waals surface area contributed by atoms with Crippen molar-refractivity contribution in [3.05, 3.63) is 17.0 Å². The zero-order chi connectivity index (χ0) is 9.26. The summed E-state index contributed by atoms with van der Waals surface area (Å²) in [5.41, 5.74) is 0. The zero-order valence-corrected chi connectivity index (χ0v) is 7.98. The zero-order valence-electron chi connectivity index (χ0n) is 7.16. The maximum absolute atomic E-state index is 10.9. The van der Waals surface area contributed by atoms with Crippen molar-refractivity contribution in [3.63, 3.8) is 0 Å². The molecule has 2 N–H and O–H groups in total. The van der Waals surface area contributed by atoms with Crippen LogP contribution in [0.15, 0.2) is 12.1 Å². The molecule has 2 rings (SSSR count). The third-order valence-corrected chi connectivity index (χ3v) is 2.97. The average molecular weight is 198 g/mol. The summed E-state index contributed by atoms with van der Waals surface area (Å²) >= 11 is 1.53. The van der Waals surface area contributed by atoms with Crippen LogP contribution in [0, 0.1) is 0 Å². The summed E-state index contributed by atoms with van der Waals surface area (Å²) in [4.78, 5) is 12.0. The van der Waals surface area contributed by atoms with E-state index >= 15 is 0 Å². The van der Waals surface area contributed by atoms with E-state index in [1.54, 1.807) is 7.11 Å². The second-order valence-electron chi connectivity index (χ2n) is 2.74. The summed E-state index contributed by atoms with van der Waals surface area (Å²) in [5, 5.41) is 6.73. The van der Waals surface area contributed by atoms with Crippen LogP contribution in [0.25, 0.3) is 0 Å². The highest BCUT2D eigenvalue weighted by atomic mass is 32.1. The van der Waals surface area contributed by atoms with E-state index in [2.05, 4.69) is 10.6 Å². The number of carbonyl (C=O) groups excluding carboxylic acids is 1. The Morgan fingerprint density at radius 1 is 1.62 bits per heavy atom. The van der Waals surface area contributed by atoms with E-state index in [1.807, 2.05) is 12.1 Å². The molecule has 1 aliphatic heterocycles. The van der Waals surface area contributed by atoms with E-state index in [0.717, 1.165) is 9.94 Å². The highest BCUT2D eigenvalue weighted by Gasteiger charge is 2.22. The third kappa shape index (κ3) is 1.66. The molecule has 70 valence electrons. The second-order valence-corrected chi connectivity index (χ2v) is 3.82. The molecular weight excluding hydrogens is 188 g/mol. The number of hydrogen-bond donors (Lipinski definition) is 2. The minimum absolute atomic E-state index is 0.0392. The van der Waals surface area contributed by atoms with E-state index in [0.29, 0.717) is 6.54 Å². The van der Waals surface area contributed by atoms with Crippen LogP contribution in [-0.2, 0) is 4.79 Å². The molecule has 1 amide bonds. The van der Waals surface area contributed by atoms with Crippen molar-refractivity contribution in [3.8, 4) is 5.06 Å². The Hall–Kier alpha value is -1.07. The second kappa shape index (κ2) is 3.35. The van der Waals surface area contributed by atoms with Crippen LogP contribution in [0.4, 0.5) is 0 Å². The number of rotatable bonds is 2. The Balaban J connectivity index is 2.12. The standard InChI is InChI=1S/C8H10N2O2S/c1-12-7-3-2-5(13-7)8-9-4-6(11)10-8/h2-3,8-9H,4H2,1H3,(H,10,11). The van der Waals surface area contributed by atoms with Gasteiger partial charge in [-0.2, -0.15) is 0 Å². The van der Waals surface area contributed by atoms with E-state index in [-0.39, 0.29) is 12.1 Å². The quantitative estimate of drug-likeness (QED) is 0.726. The number of ether oxygens (including phenoxy) is 1. The first-order valence-electron chi connectivity index (χ1n) is 3.96. The van der Waals surface area contributed by atoms with Crippen molar-refractivity contribution >= 4 is 17.2 Å². The number of nitrogens with one attached hydrogen (secondary N) is 2. The molecule has 0 aliphatic carbocycles. The van der Waals surface area contributed by atoms with Gasteiger partial charge in [0.05, 0.1) is 13.7 Å². The lowest BCUT2D eigenvalue weighted by molar-refractivity contribution is -0.118. The first kappa shape index (κ1) is 8.52. The summed E-state index contributed by atoms with van der Waals surface area (Å²) in [6, 6.07) is 3.85. The maximum atomic E-state index is 10.9. The third-order valence-electron chi connectivity index (χ3n) is 1.86. The molecule has 2 heterocycles. The van der Waals surface area contributed by atoms with Crippen LogP contribution >= 0.6 is 11.3 Å². The minimum atomic E-state index is -0.0404. The topological polar surface area (TPSA) is 50.4 Å². The number of methoxy groups -OCH3 is 1. The average Bonchev–Trinajstić information content (AvgIpc) is 2.71. The first-order chi connectivity index (χ1) is 6.29. The van der Waals surface area contributed by atoms with Gasteiger partial charge in [0.25, 0.3) is 0 Å². The molecule has 5 heteroatoms. The van der Waals surface area contributed by atoms with Gasteiger partial charge in [0, 0.05) is 4.88 Å². The van der Waals surface area contributed by atoms with Crippen molar-refractivity contribution in [1.29, 1.82) is 0 Å². The van der Waals surface area contributed by atoms with Gasteiger partial charge >= 0.3 is 0 Å². The molecule has 1 fully saturated rings. The van der Waals surface area contributed by atoms with Crippen molar-refractivity contribution in [2.75, 3.05) is 13.7 Å². The molecule has 0 spiro atoms. The molecule has 1 aromatic rings. The van der Waals surface area contributed by atoms with Gasteiger partial charge in [-0.05, 0) is 12.1 Å². The van der Waals surface area contributed by atoms with Gasteiger partial charge in [0.2, 0.25) is 5.91 Å². The molecule has 1 saturated heterocycles. The van der Waals surface area contributed by atoms with Crippen LogP contribution in [-0.4, -0.2) is 19.6 Å². The van der Waals surface area contributed by atoms with Crippen molar-refractivity contribution in [1.82, 2.24) is 10.6 Å². The molecule has 0 radical (unpaired) electrons. The molecule has 1 aliphatic rings. The van der Waals surface area contributed by atoms with Gasteiger partial charge in [0.15, 0.2) is 5.06 Å². The Kier molecular flexibility index (Phi) is 2.20. The summed E-state index contributed by atoms with van der Waals surface area (Å²) in [5.74, 6) is 0.0392. The summed E-state index contributed by atoms with van der Waals surface area (Å²) in [7, 11) is 1.64. The van der Waals surface area contributed by atoms with Crippen LogP contribution < -0.4 is 15.4 Å². The predicted molar refractivity (Wildman–Crippen MR) is 49.8 cm³/mol. The van der Waals surface area contributed by atoms with Gasteiger partial charge in [0.1, 0.15) is 6.17 Å². The maximum Gasteiger partial charge on any atom is 0.235 e. The normalized spacial score (nSPS) is 21.6. The fourth-order valence-electron chi connectivity index (χ4n) is 1.23. The van der Waals surface area contributed by atoms with E-state index in [1.165, 1.54) is 11.3 Å². The molecule has 1 atom stereocenters. The molecule has 1 unspecified atom stereocenters. The predicted octanol–water partition coefficient (Wildman–Crippen LogP) is 0.475. The Bertz CT molecular complexity index is 324.